The Kier molecular flexibility index (Phi) is 4.32. The van der Waals surface area contributed by atoms with Crippen LogP contribution in [0.25, 0.3) is 0 Å². The van der Waals surface area contributed by atoms with Gasteiger partial charge < -0.3 is 5.73 Å². The van der Waals surface area contributed by atoms with Crippen LogP contribution < -0.4 is 10.5 Å². The van der Waals surface area contributed by atoms with E-state index in [0.29, 0.717) is 5.69 Å². The van der Waals surface area contributed by atoms with Gasteiger partial charge in [0.1, 0.15) is 4.90 Å². The van der Waals surface area contributed by atoms with Crippen molar-refractivity contribution in [1.82, 2.24) is 4.72 Å². The highest BCUT2D eigenvalue weighted by Crippen LogP contribution is 2.25. The Hall–Kier alpha value is -1.56. The van der Waals surface area contributed by atoms with Gasteiger partial charge in [0, 0.05) is 11.7 Å². The van der Waals surface area contributed by atoms with E-state index in [0.717, 1.165) is 5.56 Å². The zero-order chi connectivity index (χ0) is 14.8. The molecular formula is C14H15ClN2O2S. The third-order valence-corrected chi connectivity index (χ3v) is 4.90. The topological polar surface area (TPSA) is 72.2 Å². The Morgan fingerprint density at radius 1 is 1.15 bits per heavy atom. The fraction of sp³-hybridized carbons (Fsp3) is 0.143. The summed E-state index contributed by atoms with van der Waals surface area (Å²) < 4.78 is 27.2. The molecule has 3 N–H and O–H groups in total. The number of nitrogen functional groups attached to an aromatic ring is 1. The first-order valence-corrected chi connectivity index (χ1v) is 7.88. The van der Waals surface area contributed by atoms with Gasteiger partial charge in [-0.1, -0.05) is 41.9 Å². The second kappa shape index (κ2) is 5.83. The summed E-state index contributed by atoms with van der Waals surface area (Å²) in [5.74, 6) is 0. The molecule has 0 saturated heterocycles. The van der Waals surface area contributed by atoms with Gasteiger partial charge in [-0.05, 0) is 30.7 Å². The molecule has 2 aromatic rings. The van der Waals surface area contributed by atoms with Crippen LogP contribution in [0.15, 0.2) is 53.4 Å². The van der Waals surface area contributed by atoms with Crippen molar-refractivity contribution in [2.75, 3.05) is 5.73 Å². The molecule has 1 unspecified atom stereocenters. The summed E-state index contributed by atoms with van der Waals surface area (Å²) in [7, 11) is -3.69. The zero-order valence-electron chi connectivity index (χ0n) is 10.9. The summed E-state index contributed by atoms with van der Waals surface area (Å²) in [6, 6.07) is 13.3. The lowest BCUT2D eigenvalue weighted by Crippen LogP contribution is -2.27. The van der Waals surface area contributed by atoms with Crippen molar-refractivity contribution in [3.63, 3.8) is 0 Å². The fourth-order valence-electron chi connectivity index (χ4n) is 1.84. The molecule has 0 amide bonds. The molecule has 1 atom stereocenters. The van der Waals surface area contributed by atoms with Crippen LogP contribution in [0, 0.1) is 0 Å². The summed E-state index contributed by atoms with van der Waals surface area (Å²) in [6.07, 6.45) is 0. The van der Waals surface area contributed by atoms with Gasteiger partial charge in [-0.15, -0.1) is 0 Å². The number of rotatable bonds is 4. The monoisotopic (exact) mass is 310 g/mol. The molecule has 6 heteroatoms. The predicted octanol–water partition coefficient (Wildman–Crippen LogP) is 2.96. The van der Waals surface area contributed by atoms with Crippen molar-refractivity contribution in [1.29, 1.82) is 0 Å². The average molecular weight is 311 g/mol. The Balaban J connectivity index is 2.28. The van der Waals surface area contributed by atoms with Crippen LogP contribution in [0.3, 0.4) is 0 Å². The smallest absolute Gasteiger partial charge is 0.242 e. The average Bonchev–Trinajstić information content (AvgIpc) is 2.38. The van der Waals surface area contributed by atoms with Gasteiger partial charge in [0.2, 0.25) is 10.0 Å². The number of nitrogens with two attached hydrogens (primary N) is 1. The summed E-state index contributed by atoms with van der Waals surface area (Å²) in [5, 5.41) is 0.109. The van der Waals surface area contributed by atoms with Crippen LogP contribution in [-0.4, -0.2) is 8.42 Å². The van der Waals surface area contributed by atoms with Gasteiger partial charge in [0.05, 0.1) is 5.02 Å². The molecule has 0 fully saturated rings. The van der Waals surface area contributed by atoms with Crippen LogP contribution in [0.2, 0.25) is 5.02 Å². The van der Waals surface area contributed by atoms with Gasteiger partial charge in [-0.3, -0.25) is 0 Å². The predicted molar refractivity (Wildman–Crippen MR) is 81.0 cm³/mol. The number of nitrogens with one attached hydrogen (secondary N) is 1. The molecule has 0 aliphatic carbocycles. The Labute approximate surface area is 123 Å². The van der Waals surface area contributed by atoms with Crippen molar-refractivity contribution >= 4 is 27.3 Å². The standard InChI is InChI=1S/C14H15ClN2O2S/c1-10(11-5-3-2-4-6-11)17-20(18,19)14-8-7-12(16)9-13(14)15/h2-10,17H,16H2,1H3. The van der Waals surface area contributed by atoms with E-state index in [9.17, 15) is 8.42 Å². The second-order valence-electron chi connectivity index (χ2n) is 4.44. The lowest BCUT2D eigenvalue weighted by molar-refractivity contribution is 0.567. The highest BCUT2D eigenvalue weighted by Gasteiger charge is 2.21. The second-order valence-corrected chi connectivity index (χ2v) is 6.53. The number of hydrogen-bond donors (Lipinski definition) is 2. The van der Waals surface area contributed by atoms with E-state index in [1.165, 1.54) is 18.2 Å². The lowest BCUT2D eigenvalue weighted by atomic mass is 10.1. The van der Waals surface area contributed by atoms with Crippen LogP contribution in [-0.2, 0) is 10.0 Å². The van der Waals surface area contributed by atoms with Crippen LogP contribution in [0.5, 0.6) is 0 Å². The van der Waals surface area contributed by atoms with Crippen LogP contribution in [0.1, 0.15) is 18.5 Å². The maximum Gasteiger partial charge on any atom is 0.242 e. The minimum Gasteiger partial charge on any atom is -0.399 e. The summed E-state index contributed by atoms with van der Waals surface area (Å²) in [5.41, 5.74) is 6.86. The Morgan fingerprint density at radius 2 is 1.80 bits per heavy atom. The number of halogens is 1. The van der Waals surface area contributed by atoms with Gasteiger partial charge in [-0.25, -0.2) is 13.1 Å². The molecule has 20 heavy (non-hydrogen) atoms. The molecule has 0 aromatic heterocycles. The first kappa shape index (κ1) is 14.8. The fourth-order valence-corrected chi connectivity index (χ4v) is 3.63. The summed E-state index contributed by atoms with van der Waals surface area (Å²) in [6.45, 7) is 1.78. The minimum absolute atomic E-state index is 0.0242. The van der Waals surface area contributed by atoms with Gasteiger partial charge in [0.15, 0.2) is 0 Å². The highest BCUT2D eigenvalue weighted by atomic mass is 35.5. The molecule has 0 saturated carbocycles. The Morgan fingerprint density at radius 3 is 2.40 bits per heavy atom. The molecular weight excluding hydrogens is 296 g/mol. The van der Waals surface area contributed by atoms with E-state index < -0.39 is 10.0 Å². The van der Waals surface area contributed by atoms with Crippen molar-refractivity contribution < 1.29 is 8.42 Å². The minimum atomic E-state index is -3.69. The number of benzene rings is 2. The normalized spacial score (nSPS) is 13.1. The molecule has 2 rings (SSSR count). The summed E-state index contributed by atoms with van der Waals surface area (Å²) >= 11 is 5.94. The molecule has 0 bridgehead atoms. The van der Waals surface area contributed by atoms with E-state index in [1.54, 1.807) is 6.92 Å². The van der Waals surface area contributed by atoms with Crippen molar-refractivity contribution in [2.45, 2.75) is 17.9 Å². The number of sulfonamides is 1. The van der Waals surface area contributed by atoms with E-state index >= 15 is 0 Å². The van der Waals surface area contributed by atoms with Gasteiger partial charge >= 0.3 is 0 Å². The number of anilines is 1. The van der Waals surface area contributed by atoms with E-state index in [-0.39, 0.29) is 16.0 Å². The Bertz CT molecular complexity index is 702. The third kappa shape index (κ3) is 3.30. The quantitative estimate of drug-likeness (QED) is 0.853. The lowest BCUT2D eigenvalue weighted by Gasteiger charge is -2.15. The molecule has 0 aliphatic rings. The van der Waals surface area contributed by atoms with Gasteiger partial charge in [-0.2, -0.15) is 0 Å². The molecule has 0 aliphatic heterocycles. The number of hydrogen-bond acceptors (Lipinski definition) is 3. The van der Waals surface area contributed by atoms with Crippen LogP contribution >= 0.6 is 11.6 Å². The van der Waals surface area contributed by atoms with Crippen molar-refractivity contribution in [3.8, 4) is 0 Å². The van der Waals surface area contributed by atoms with Crippen molar-refractivity contribution in [3.05, 3.63) is 59.1 Å². The third-order valence-electron chi connectivity index (χ3n) is 2.88. The van der Waals surface area contributed by atoms with Crippen LogP contribution in [0.4, 0.5) is 5.69 Å². The molecule has 0 heterocycles. The van der Waals surface area contributed by atoms with E-state index in [1.807, 2.05) is 30.3 Å². The highest BCUT2D eigenvalue weighted by molar-refractivity contribution is 7.89. The largest absolute Gasteiger partial charge is 0.399 e. The molecule has 0 radical (unpaired) electrons. The van der Waals surface area contributed by atoms with Gasteiger partial charge in [0.25, 0.3) is 0 Å². The zero-order valence-corrected chi connectivity index (χ0v) is 12.4. The van der Waals surface area contributed by atoms with E-state index in [4.69, 9.17) is 17.3 Å². The maximum absolute atomic E-state index is 12.3. The molecule has 0 spiro atoms. The first-order chi connectivity index (χ1) is 9.40. The first-order valence-electron chi connectivity index (χ1n) is 6.02. The molecule has 2 aromatic carbocycles. The molecule has 106 valence electrons. The maximum atomic E-state index is 12.3. The molecule has 4 nitrogen and oxygen atoms in total. The van der Waals surface area contributed by atoms with Crippen molar-refractivity contribution in [2.24, 2.45) is 0 Å². The van der Waals surface area contributed by atoms with E-state index in [2.05, 4.69) is 4.72 Å². The summed E-state index contributed by atoms with van der Waals surface area (Å²) in [4.78, 5) is 0.0242. The SMILES string of the molecule is CC(NS(=O)(=O)c1ccc(N)cc1Cl)c1ccccc1.